The van der Waals surface area contributed by atoms with Crippen molar-refractivity contribution in [2.75, 3.05) is 33.2 Å². The highest BCUT2D eigenvalue weighted by Gasteiger charge is 2.41. The average Bonchev–Trinajstić information content (AvgIpc) is 3.18. The first-order valence-electron chi connectivity index (χ1n) is 8.92. The number of likely N-dealkylation sites (N-methyl/N-ethyl adjacent to an activating group) is 1. The molecule has 1 amide bonds. The zero-order valence-corrected chi connectivity index (χ0v) is 14.3. The minimum atomic E-state index is -0.131. The lowest BCUT2D eigenvalue weighted by Gasteiger charge is -2.32. The lowest BCUT2D eigenvalue weighted by molar-refractivity contribution is -0.128. The van der Waals surface area contributed by atoms with Gasteiger partial charge in [-0.05, 0) is 51.0 Å². The van der Waals surface area contributed by atoms with Crippen molar-refractivity contribution >= 4 is 5.91 Å². The molecule has 23 heavy (non-hydrogen) atoms. The summed E-state index contributed by atoms with van der Waals surface area (Å²) in [5, 5.41) is 12.7. The second kappa shape index (κ2) is 6.92. The van der Waals surface area contributed by atoms with E-state index in [9.17, 15) is 10.1 Å². The fourth-order valence-electron chi connectivity index (χ4n) is 4.57. The molecule has 2 bridgehead atoms. The molecule has 4 unspecified atom stereocenters. The third kappa shape index (κ3) is 3.53. The summed E-state index contributed by atoms with van der Waals surface area (Å²) in [7, 11) is 2.06. The van der Waals surface area contributed by atoms with Crippen LogP contribution in [0.4, 0.5) is 0 Å². The second-order valence-electron chi connectivity index (χ2n) is 7.56. The van der Waals surface area contributed by atoms with Crippen molar-refractivity contribution in [1.82, 2.24) is 15.1 Å². The van der Waals surface area contributed by atoms with Gasteiger partial charge in [0, 0.05) is 38.4 Å². The summed E-state index contributed by atoms with van der Waals surface area (Å²) in [6.07, 6.45) is 7.11. The van der Waals surface area contributed by atoms with E-state index in [1.165, 1.54) is 25.7 Å². The Bertz CT molecular complexity index is 516. The van der Waals surface area contributed by atoms with Crippen molar-refractivity contribution in [3.8, 4) is 6.07 Å². The van der Waals surface area contributed by atoms with E-state index in [2.05, 4.69) is 30.3 Å². The van der Waals surface area contributed by atoms with Crippen molar-refractivity contribution in [3.05, 3.63) is 11.8 Å². The molecule has 126 valence electrons. The lowest BCUT2D eigenvalue weighted by atomic mass is 9.84. The van der Waals surface area contributed by atoms with Gasteiger partial charge < -0.3 is 15.1 Å². The van der Waals surface area contributed by atoms with Gasteiger partial charge in [0.15, 0.2) is 0 Å². The predicted octanol–water partition coefficient (Wildman–Crippen LogP) is 1.58. The molecule has 1 saturated heterocycles. The van der Waals surface area contributed by atoms with Gasteiger partial charge in [-0.15, -0.1) is 0 Å². The average molecular weight is 316 g/mol. The number of nitriles is 1. The molecule has 0 radical (unpaired) electrons. The highest BCUT2D eigenvalue weighted by Crippen LogP contribution is 2.49. The van der Waals surface area contributed by atoms with Crippen LogP contribution in [-0.2, 0) is 4.79 Å². The molecule has 2 saturated carbocycles. The Balaban J connectivity index is 1.56. The standard InChI is InChI=1S/C18H28N4O/c1-13(17-10-14-3-4-15(17)9-14)20-12-16(11-19)18(23)22-7-5-21(2)6-8-22/h12-15,17,20H,3-10H2,1-2H3/b16-12-. The molecule has 3 aliphatic rings. The zero-order valence-electron chi connectivity index (χ0n) is 14.3. The smallest absolute Gasteiger partial charge is 0.266 e. The number of nitrogens with one attached hydrogen (secondary N) is 1. The van der Waals surface area contributed by atoms with E-state index >= 15 is 0 Å². The number of carbonyl (C=O) groups is 1. The van der Waals surface area contributed by atoms with E-state index in [1.807, 2.05) is 0 Å². The second-order valence-corrected chi connectivity index (χ2v) is 7.56. The third-order valence-corrected chi connectivity index (χ3v) is 6.07. The van der Waals surface area contributed by atoms with Crippen molar-refractivity contribution in [2.24, 2.45) is 17.8 Å². The van der Waals surface area contributed by atoms with Crippen LogP contribution in [0.1, 0.15) is 32.6 Å². The first-order valence-corrected chi connectivity index (χ1v) is 8.92. The fourth-order valence-corrected chi connectivity index (χ4v) is 4.57. The van der Waals surface area contributed by atoms with E-state index < -0.39 is 0 Å². The van der Waals surface area contributed by atoms with Gasteiger partial charge in [-0.2, -0.15) is 5.26 Å². The summed E-state index contributed by atoms with van der Waals surface area (Å²) < 4.78 is 0. The Morgan fingerprint density at radius 3 is 2.57 bits per heavy atom. The minimum absolute atomic E-state index is 0.131. The van der Waals surface area contributed by atoms with Gasteiger partial charge in [-0.25, -0.2) is 0 Å². The maximum absolute atomic E-state index is 12.5. The van der Waals surface area contributed by atoms with E-state index in [-0.39, 0.29) is 11.5 Å². The van der Waals surface area contributed by atoms with Crippen molar-refractivity contribution < 1.29 is 4.79 Å². The van der Waals surface area contributed by atoms with Crippen LogP contribution in [-0.4, -0.2) is 55.0 Å². The van der Waals surface area contributed by atoms with Crippen LogP contribution in [0.25, 0.3) is 0 Å². The molecule has 0 spiro atoms. The third-order valence-electron chi connectivity index (χ3n) is 6.07. The van der Waals surface area contributed by atoms with Gasteiger partial charge in [0.05, 0.1) is 0 Å². The Morgan fingerprint density at radius 1 is 1.26 bits per heavy atom. The van der Waals surface area contributed by atoms with Crippen LogP contribution in [0, 0.1) is 29.1 Å². The van der Waals surface area contributed by atoms with Crippen LogP contribution < -0.4 is 5.32 Å². The summed E-state index contributed by atoms with van der Waals surface area (Å²) in [5.74, 6) is 2.33. The minimum Gasteiger partial charge on any atom is -0.387 e. The number of fused-ring (bicyclic) bond motifs is 2. The van der Waals surface area contributed by atoms with Crippen molar-refractivity contribution in [3.63, 3.8) is 0 Å². The Kier molecular flexibility index (Phi) is 4.91. The van der Waals surface area contributed by atoms with Crippen LogP contribution in [0.5, 0.6) is 0 Å². The van der Waals surface area contributed by atoms with Gasteiger partial charge in [-0.3, -0.25) is 4.79 Å². The van der Waals surface area contributed by atoms with E-state index in [1.54, 1.807) is 11.1 Å². The number of carbonyl (C=O) groups excluding carboxylic acids is 1. The van der Waals surface area contributed by atoms with Crippen LogP contribution in [0.2, 0.25) is 0 Å². The quantitative estimate of drug-likeness (QED) is 0.632. The lowest BCUT2D eigenvalue weighted by Crippen LogP contribution is -2.47. The van der Waals surface area contributed by atoms with Gasteiger partial charge in [0.2, 0.25) is 0 Å². The molecular formula is C18H28N4O. The highest BCUT2D eigenvalue weighted by atomic mass is 16.2. The first-order chi connectivity index (χ1) is 11.1. The first kappa shape index (κ1) is 16.3. The summed E-state index contributed by atoms with van der Waals surface area (Å²) in [6, 6.07) is 2.43. The number of hydrogen-bond donors (Lipinski definition) is 1. The number of amides is 1. The maximum atomic E-state index is 12.5. The van der Waals surface area contributed by atoms with E-state index in [4.69, 9.17) is 0 Å². The molecule has 1 aliphatic heterocycles. The number of rotatable bonds is 4. The monoisotopic (exact) mass is 316 g/mol. The molecule has 2 aliphatic carbocycles. The molecular weight excluding hydrogens is 288 g/mol. The topological polar surface area (TPSA) is 59.4 Å². The number of hydrogen-bond acceptors (Lipinski definition) is 4. The molecule has 0 aromatic rings. The molecule has 0 aromatic heterocycles. The molecule has 5 heteroatoms. The molecule has 0 aromatic carbocycles. The summed E-state index contributed by atoms with van der Waals surface area (Å²) in [4.78, 5) is 16.5. The predicted molar refractivity (Wildman–Crippen MR) is 89.3 cm³/mol. The van der Waals surface area contributed by atoms with Gasteiger partial charge >= 0.3 is 0 Å². The normalized spacial score (nSPS) is 32.7. The van der Waals surface area contributed by atoms with Gasteiger partial charge in [0.25, 0.3) is 5.91 Å². The van der Waals surface area contributed by atoms with Crippen LogP contribution in [0.15, 0.2) is 11.8 Å². The summed E-state index contributed by atoms with van der Waals surface area (Å²) >= 11 is 0. The number of piperazine rings is 1. The molecule has 5 nitrogen and oxygen atoms in total. The molecule has 4 atom stereocenters. The van der Waals surface area contributed by atoms with Gasteiger partial charge in [0.1, 0.15) is 11.6 Å². The Hall–Kier alpha value is -1.54. The Morgan fingerprint density at radius 2 is 2.00 bits per heavy atom. The molecule has 1 N–H and O–H groups in total. The highest BCUT2D eigenvalue weighted by molar-refractivity contribution is 5.97. The SMILES string of the molecule is CC(N/C=C(/C#N)C(=O)N1CCN(C)CC1)C1CC2CCC1C2. The van der Waals surface area contributed by atoms with E-state index in [0.717, 1.165) is 24.9 Å². The van der Waals surface area contributed by atoms with Crippen molar-refractivity contribution in [1.29, 1.82) is 5.26 Å². The molecule has 3 rings (SSSR count). The van der Waals surface area contributed by atoms with Gasteiger partial charge in [-0.1, -0.05) is 6.42 Å². The summed E-state index contributed by atoms with van der Waals surface area (Å²) in [5.41, 5.74) is 0.240. The molecule has 1 heterocycles. The molecule has 3 fully saturated rings. The zero-order chi connectivity index (χ0) is 16.4. The Labute approximate surface area is 139 Å². The fraction of sp³-hybridized carbons (Fsp3) is 0.778. The number of nitrogens with zero attached hydrogens (tertiary/aromatic N) is 3. The maximum Gasteiger partial charge on any atom is 0.266 e. The van der Waals surface area contributed by atoms with Crippen LogP contribution in [0.3, 0.4) is 0 Å². The van der Waals surface area contributed by atoms with Crippen molar-refractivity contribution in [2.45, 2.75) is 38.6 Å². The van der Waals surface area contributed by atoms with Crippen LogP contribution >= 0.6 is 0 Å². The largest absolute Gasteiger partial charge is 0.387 e. The van der Waals surface area contributed by atoms with E-state index in [0.29, 0.717) is 25.0 Å². The summed E-state index contributed by atoms with van der Waals surface area (Å²) in [6.45, 7) is 5.35.